The number of phenols is 2. The lowest BCUT2D eigenvalue weighted by Crippen LogP contribution is -1.80. The smallest absolute Gasteiger partial charge is 0.142 e. The fourth-order valence-corrected chi connectivity index (χ4v) is 8.23. The molecule has 108 valence electrons. The van der Waals surface area contributed by atoms with Crippen LogP contribution in [-0.4, -0.2) is 10.2 Å². The van der Waals surface area contributed by atoms with Crippen molar-refractivity contribution in [2.75, 3.05) is 0 Å². The third-order valence-electron chi connectivity index (χ3n) is 1.96. The minimum absolute atomic E-state index is 0.390. The van der Waals surface area contributed by atoms with Crippen LogP contribution in [0.1, 0.15) is 0 Å². The van der Waals surface area contributed by atoms with Crippen molar-refractivity contribution in [1.29, 1.82) is 0 Å². The summed E-state index contributed by atoms with van der Waals surface area (Å²) in [5.74, 6) is 0.781. The molecule has 2 aromatic rings. The third kappa shape index (κ3) is 6.50. The van der Waals surface area contributed by atoms with Crippen molar-refractivity contribution in [3.8, 4) is 11.5 Å². The van der Waals surface area contributed by atoms with Crippen LogP contribution in [0.15, 0.2) is 24.3 Å². The van der Waals surface area contributed by atoms with Gasteiger partial charge in [0.2, 0.25) is 0 Å². The number of hydrogen-bond acceptors (Lipinski definition) is 2. The van der Waals surface area contributed by atoms with Crippen LogP contribution >= 0.6 is 136 Å². The Balaban J connectivity index is 0.000000200. The van der Waals surface area contributed by atoms with Gasteiger partial charge in [0.15, 0.2) is 0 Å². The van der Waals surface area contributed by atoms with E-state index in [0.29, 0.717) is 11.5 Å². The summed E-state index contributed by atoms with van der Waals surface area (Å²) in [5, 5.41) is 18.6. The molecular weight excluding hydrogens is 938 g/mol. The van der Waals surface area contributed by atoms with Gasteiger partial charge in [0, 0.05) is 7.14 Å². The number of halogens is 6. The second-order valence-corrected chi connectivity index (χ2v) is 10.6. The first kappa shape index (κ1) is 20.5. The lowest BCUT2D eigenvalue weighted by molar-refractivity contribution is 0.467. The summed E-state index contributed by atoms with van der Waals surface area (Å²) in [5.41, 5.74) is 0. The number of aromatic hydroxyl groups is 2. The van der Waals surface area contributed by atoms with E-state index in [9.17, 15) is 10.2 Å². The maximum absolute atomic E-state index is 9.31. The van der Waals surface area contributed by atoms with Gasteiger partial charge in [-0.3, -0.25) is 0 Å². The lowest BCUT2D eigenvalue weighted by Gasteiger charge is -1.99. The zero-order valence-electron chi connectivity index (χ0n) is 9.47. The Morgan fingerprint density at radius 3 is 0.900 bits per heavy atom. The fourth-order valence-electron chi connectivity index (χ4n) is 1.07. The summed E-state index contributed by atoms with van der Waals surface area (Å²) < 4.78 is 5.96. The molecule has 2 nitrogen and oxygen atoms in total. The Hall–Kier alpha value is 2.42. The average Bonchev–Trinajstić information content (AvgIpc) is 2.33. The highest BCUT2D eigenvalue weighted by atomic mass is 127. The quantitative estimate of drug-likeness (QED) is 0.300. The molecule has 0 fully saturated rings. The average molecular weight is 944 g/mol. The van der Waals surface area contributed by atoms with Crippen molar-refractivity contribution in [3.05, 3.63) is 45.7 Å². The lowest BCUT2D eigenvalue weighted by atomic mass is 10.3. The maximum Gasteiger partial charge on any atom is 0.142 e. The molecule has 2 rings (SSSR count). The van der Waals surface area contributed by atoms with Crippen molar-refractivity contribution in [2.24, 2.45) is 0 Å². The van der Waals surface area contributed by atoms with Gasteiger partial charge in [-0.15, -0.1) is 0 Å². The minimum atomic E-state index is 0.390. The summed E-state index contributed by atoms with van der Waals surface area (Å²) in [6.45, 7) is 0. The van der Waals surface area contributed by atoms with Crippen LogP contribution in [0.4, 0.5) is 0 Å². The van der Waals surface area contributed by atoms with E-state index < -0.39 is 0 Å². The van der Waals surface area contributed by atoms with Crippen LogP contribution in [0.3, 0.4) is 0 Å². The van der Waals surface area contributed by atoms with Crippen molar-refractivity contribution >= 4 is 136 Å². The second-order valence-electron chi connectivity index (χ2n) is 3.44. The normalized spacial score (nSPS) is 9.90. The van der Waals surface area contributed by atoms with E-state index in [-0.39, 0.29) is 0 Å². The molecule has 0 atom stereocenters. The van der Waals surface area contributed by atoms with Gasteiger partial charge in [-0.1, -0.05) is 0 Å². The van der Waals surface area contributed by atoms with E-state index in [1.807, 2.05) is 24.3 Å². The van der Waals surface area contributed by atoms with Gasteiger partial charge in [0.05, 0.1) is 14.3 Å². The Morgan fingerprint density at radius 2 is 0.700 bits per heavy atom. The molecule has 2 N–H and O–H groups in total. The maximum atomic E-state index is 9.31. The Morgan fingerprint density at radius 1 is 0.500 bits per heavy atom. The minimum Gasteiger partial charge on any atom is -0.506 e. The molecule has 0 aromatic heterocycles. The molecule has 0 bridgehead atoms. The summed E-state index contributed by atoms with van der Waals surface area (Å²) in [6.07, 6.45) is 0. The molecule has 0 aliphatic heterocycles. The van der Waals surface area contributed by atoms with Crippen LogP contribution in [0.25, 0.3) is 0 Å². The zero-order chi connectivity index (χ0) is 15.4. The van der Waals surface area contributed by atoms with E-state index in [0.717, 1.165) is 21.4 Å². The first-order chi connectivity index (χ1) is 9.22. The first-order valence-corrected chi connectivity index (χ1v) is 11.4. The van der Waals surface area contributed by atoms with E-state index in [1.54, 1.807) is 0 Å². The van der Waals surface area contributed by atoms with Crippen LogP contribution < -0.4 is 0 Å². The van der Waals surface area contributed by atoms with Gasteiger partial charge >= 0.3 is 0 Å². The molecule has 0 amide bonds. The van der Waals surface area contributed by atoms with E-state index in [2.05, 4.69) is 136 Å². The highest BCUT2D eigenvalue weighted by molar-refractivity contribution is 14.1. The molecule has 0 radical (unpaired) electrons. The Bertz CT molecular complexity index is 528. The molecule has 0 unspecified atom stereocenters. The first-order valence-electron chi connectivity index (χ1n) is 4.89. The molecule has 0 aliphatic rings. The fraction of sp³-hybridized carbons (Fsp3) is 0. The third-order valence-corrected chi connectivity index (χ3v) is 6.50. The molecule has 8 heteroatoms. The number of hydrogen-bond donors (Lipinski definition) is 2. The number of benzene rings is 2. The van der Waals surface area contributed by atoms with Crippen molar-refractivity contribution < 1.29 is 10.2 Å². The molecule has 0 saturated heterocycles. The number of rotatable bonds is 0. The van der Waals surface area contributed by atoms with E-state index >= 15 is 0 Å². The summed E-state index contributed by atoms with van der Waals surface area (Å²) in [4.78, 5) is 0. The summed E-state index contributed by atoms with van der Waals surface area (Å²) in [7, 11) is 0. The number of phenolic OH excluding ortho intramolecular Hbond substituents is 2. The van der Waals surface area contributed by atoms with Crippen LogP contribution in [0.5, 0.6) is 11.5 Å². The van der Waals surface area contributed by atoms with Crippen LogP contribution in [-0.2, 0) is 0 Å². The van der Waals surface area contributed by atoms with Gasteiger partial charge in [-0.05, 0) is 160 Å². The standard InChI is InChI=1S/2C6H3I3O/c2*7-3-1-4(8)6(10)5(9)2-3/h2*1-2,10H. The Labute approximate surface area is 199 Å². The monoisotopic (exact) mass is 943 g/mol. The molecule has 0 saturated carbocycles. The molecule has 2 aromatic carbocycles. The highest BCUT2D eigenvalue weighted by Crippen LogP contribution is 2.28. The molecule has 0 heterocycles. The van der Waals surface area contributed by atoms with Gasteiger partial charge in [0.1, 0.15) is 11.5 Å². The van der Waals surface area contributed by atoms with Crippen molar-refractivity contribution in [3.63, 3.8) is 0 Å². The highest BCUT2D eigenvalue weighted by Gasteiger charge is 2.03. The SMILES string of the molecule is Oc1c(I)cc(I)cc1I.Oc1c(I)cc(I)cc1I. The van der Waals surface area contributed by atoms with Crippen LogP contribution in [0.2, 0.25) is 0 Å². The van der Waals surface area contributed by atoms with Gasteiger partial charge in [-0.25, -0.2) is 0 Å². The van der Waals surface area contributed by atoms with Gasteiger partial charge in [-0.2, -0.15) is 0 Å². The van der Waals surface area contributed by atoms with Gasteiger partial charge in [0.25, 0.3) is 0 Å². The molecule has 0 spiro atoms. The van der Waals surface area contributed by atoms with Crippen LogP contribution in [0, 0.1) is 21.4 Å². The predicted molar refractivity (Wildman–Crippen MR) is 133 cm³/mol. The molecular formula is C12H6I6O2. The zero-order valence-corrected chi connectivity index (χ0v) is 22.4. The predicted octanol–water partition coefficient (Wildman–Crippen LogP) is 6.41. The summed E-state index contributed by atoms with van der Waals surface area (Å²) >= 11 is 12.9. The summed E-state index contributed by atoms with van der Waals surface area (Å²) in [6, 6.07) is 7.77. The van der Waals surface area contributed by atoms with Gasteiger partial charge < -0.3 is 10.2 Å². The van der Waals surface area contributed by atoms with Crippen molar-refractivity contribution in [1.82, 2.24) is 0 Å². The second kappa shape index (κ2) is 9.65. The Kier molecular flexibility index (Phi) is 9.88. The van der Waals surface area contributed by atoms with E-state index in [1.165, 1.54) is 0 Å². The topological polar surface area (TPSA) is 40.5 Å². The molecule has 20 heavy (non-hydrogen) atoms. The van der Waals surface area contributed by atoms with E-state index in [4.69, 9.17) is 0 Å². The molecule has 0 aliphatic carbocycles. The van der Waals surface area contributed by atoms with Crippen molar-refractivity contribution in [2.45, 2.75) is 0 Å². The largest absolute Gasteiger partial charge is 0.506 e.